The van der Waals surface area contributed by atoms with E-state index in [0.29, 0.717) is 12.8 Å². The highest BCUT2D eigenvalue weighted by Gasteiger charge is 2.16. The molecule has 0 aliphatic carbocycles. The lowest BCUT2D eigenvalue weighted by atomic mass is 10.0. The molecule has 0 bridgehead atoms. The molecule has 0 aromatic rings. The van der Waals surface area contributed by atoms with Crippen molar-refractivity contribution in [1.29, 1.82) is 0 Å². The third kappa shape index (κ3) is 35.6. The van der Waals surface area contributed by atoms with Gasteiger partial charge in [0.15, 0.2) is 6.10 Å². The van der Waals surface area contributed by atoms with Gasteiger partial charge in [0.1, 0.15) is 6.61 Å². The van der Waals surface area contributed by atoms with E-state index >= 15 is 0 Å². The highest BCUT2D eigenvalue weighted by molar-refractivity contribution is 5.70. The third-order valence-corrected chi connectivity index (χ3v) is 9.15. The van der Waals surface area contributed by atoms with Crippen LogP contribution in [0.4, 0.5) is 0 Å². The predicted molar refractivity (Wildman–Crippen MR) is 192 cm³/mol. The van der Waals surface area contributed by atoms with Gasteiger partial charge in [-0.2, -0.15) is 0 Å². The van der Waals surface area contributed by atoms with E-state index in [1.54, 1.807) is 0 Å². The molecule has 0 fully saturated rings. The number of ether oxygens (including phenoxy) is 2. The van der Waals surface area contributed by atoms with E-state index in [4.69, 9.17) is 9.47 Å². The number of esters is 2. The predicted octanol–water partition coefficient (Wildman–Crippen LogP) is 12.3. The minimum Gasteiger partial charge on any atom is -0.462 e. The van der Waals surface area contributed by atoms with Crippen LogP contribution < -0.4 is 0 Å². The molecule has 45 heavy (non-hydrogen) atoms. The number of unbranched alkanes of at least 4 members (excludes halogenated alkanes) is 29. The van der Waals surface area contributed by atoms with Crippen LogP contribution in [0.15, 0.2) is 0 Å². The van der Waals surface area contributed by atoms with Gasteiger partial charge in [0, 0.05) is 12.8 Å². The van der Waals surface area contributed by atoms with Crippen LogP contribution in [0.25, 0.3) is 0 Å². The average molecular weight is 639 g/mol. The standard InChI is InChI=1S/C40H78O5/c1-3-5-7-9-11-13-15-17-18-19-20-21-23-24-26-28-30-32-34-39(42)44-37-38(36-41)45-40(43)35-33-31-29-27-25-22-16-14-12-10-8-6-4-2/h38,41H,3-37H2,1-2H3/t38-/m0/s1. The molecule has 0 aromatic heterocycles. The van der Waals surface area contributed by atoms with E-state index in [9.17, 15) is 14.7 Å². The zero-order valence-corrected chi connectivity index (χ0v) is 30.4. The fourth-order valence-electron chi connectivity index (χ4n) is 6.08. The Bertz CT molecular complexity index is 607. The van der Waals surface area contributed by atoms with Crippen molar-refractivity contribution >= 4 is 11.9 Å². The molecule has 268 valence electrons. The van der Waals surface area contributed by atoms with Crippen molar-refractivity contribution < 1.29 is 24.2 Å². The average Bonchev–Trinajstić information content (AvgIpc) is 3.04. The van der Waals surface area contributed by atoms with Crippen LogP contribution in [0.3, 0.4) is 0 Å². The van der Waals surface area contributed by atoms with E-state index < -0.39 is 6.10 Å². The van der Waals surface area contributed by atoms with Crippen molar-refractivity contribution in [3.8, 4) is 0 Å². The number of carbonyl (C=O) groups is 2. The van der Waals surface area contributed by atoms with Crippen molar-refractivity contribution in [2.45, 2.75) is 232 Å². The summed E-state index contributed by atoms with van der Waals surface area (Å²) >= 11 is 0. The number of hydrogen-bond donors (Lipinski definition) is 1. The maximum atomic E-state index is 12.1. The molecule has 0 heterocycles. The van der Waals surface area contributed by atoms with Gasteiger partial charge in [0.2, 0.25) is 0 Å². The van der Waals surface area contributed by atoms with E-state index in [1.807, 2.05) is 0 Å². The van der Waals surface area contributed by atoms with Crippen LogP contribution in [0, 0.1) is 0 Å². The van der Waals surface area contributed by atoms with E-state index in [-0.39, 0.29) is 25.2 Å². The Morgan fingerprint density at radius 1 is 0.422 bits per heavy atom. The Balaban J connectivity index is 3.47. The second kappa shape index (κ2) is 37.4. The summed E-state index contributed by atoms with van der Waals surface area (Å²) in [5, 5.41) is 9.54. The number of rotatable bonds is 37. The smallest absolute Gasteiger partial charge is 0.306 e. The monoisotopic (exact) mass is 639 g/mol. The van der Waals surface area contributed by atoms with Crippen LogP contribution in [-0.4, -0.2) is 36.4 Å². The molecule has 0 amide bonds. The van der Waals surface area contributed by atoms with Crippen LogP contribution in [-0.2, 0) is 19.1 Å². The first kappa shape index (κ1) is 43.9. The summed E-state index contributed by atoms with van der Waals surface area (Å²) in [6, 6.07) is 0. The molecule has 0 rings (SSSR count). The van der Waals surface area contributed by atoms with E-state index in [0.717, 1.165) is 32.1 Å². The second-order valence-corrected chi connectivity index (χ2v) is 13.7. The van der Waals surface area contributed by atoms with Crippen molar-refractivity contribution in [2.24, 2.45) is 0 Å². The molecule has 5 nitrogen and oxygen atoms in total. The minimum absolute atomic E-state index is 0.0568. The van der Waals surface area contributed by atoms with Crippen molar-refractivity contribution in [3.05, 3.63) is 0 Å². The summed E-state index contributed by atoms with van der Waals surface area (Å²) in [5.41, 5.74) is 0. The number of aliphatic hydroxyl groups excluding tert-OH is 1. The Kier molecular flexibility index (Phi) is 36.4. The molecule has 0 aliphatic heterocycles. The van der Waals surface area contributed by atoms with Crippen LogP contribution in [0.2, 0.25) is 0 Å². The van der Waals surface area contributed by atoms with Gasteiger partial charge in [-0.3, -0.25) is 9.59 Å². The minimum atomic E-state index is -0.760. The number of aliphatic hydroxyl groups is 1. The molecular formula is C40H78O5. The fraction of sp³-hybridized carbons (Fsp3) is 0.950. The van der Waals surface area contributed by atoms with E-state index in [2.05, 4.69) is 13.8 Å². The van der Waals surface area contributed by atoms with Gasteiger partial charge in [0.05, 0.1) is 6.61 Å². The highest BCUT2D eigenvalue weighted by Crippen LogP contribution is 2.16. The Labute approximate surface area is 280 Å². The van der Waals surface area contributed by atoms with Crippen LogP contribution in [0.1, 0.15) is 226 Å². The maximum Gasteiger partial charge on any atom is 0.306 e. The molecule has 1 N–H and O–H groups in total. The number of hydrogen-bond acceptors (Lipinski definition) is 5. The highest BCUT2D eigenvalue weighted by atomic mass is 16.6. The largest absolute Gasteiger partial charge is 0.462 e. The molecule has 0 aliphatic rings. The SMILES string of the molecule is CCCCCCCCCCCCCCCCCCCCC(=O)OC[C@H](CO)OC(=O)CCCCCCCCCCCCCCC. The van der Waals surface area contributed by atoms with E-state index in [1.165, 1.54) is 167 Å². The van der Waals surface area contributed by atoms with Crippen molar-refractivity contribution in [2.75, 3.05) is 13.2 Å². The maximum absolute atomic E-state index is 12.1. The van der Waals surface area contributed by atoms with Gasteiger partial charge >= 0.3 is 11.9 Å². The van der Waals surface area contributed by atoms with Crippen LogP contribution in [0.5, 0.6) is 0 Å². The summed E-state index contributed by atoms with van der Waals surface area (Å²) in [6.45, 7) is 4.16. The second-order valence-electron chi connectivity index (χ2n) is 13.7. The molecule has 0 saturated carbocycles. The molecule has 0 spiro atoms. The van der Waals surface area contributed by atoms with Crippen LogP contribution >= 0.6 is 0 Å². The van der Waals surface area contributed by atoms with Crippen molar-refractivity contribution in [3.63, 3.8) is 0 Å². The normalized spacial score (nSPS) is 12.0. The Morgan fingerprint density at radius 3 is 0.978 bits per heavy atom. The molecule has 5 heteroatoms. The van der Waals surface area contributed by atoms with Gasteiger partial charge in [0.25, 0.3) is 0 Å². The quantitative estimate of drug-likeness (QED) is 0.0541. The Morgan fingerprint density at radius 2 is 0.689 bits per heavy atom. The first-order valence-corrected chi connectivity index (χ1v) is 20.1. The van der Waals surface area contributed by atoms with Gasteiger partial charge in [-0.05, 0) is 12.8 Å². The zero-order chi connectivity index (χ0) is 32.9. The number of carbonyl (C=O) groups excluding carboxylic acids is 2. The molecule has 0 saturated heterocycles. The summed E-state index contributed by atoms with van der Waals surface area (Å²) in [4.78, 5) is 24.2. The summed E-state index contributed by atoms with van der Waals surface area (Å²) in [6.07, 6.45) is 40.2. The van der Waals surface area contributed by atoms with Gasteiger partial charge in [-0.1, -0.05) is 200 Å². The first-order valence-electron chi connectivity index (χ1n) is 20.1. The molecule has 1 atom stereocenters. The first-order chi connectivity index (χ1) is 22.1. The molecular weight excluding hydrogens is 560 g/mol. The van der Waals surface area contributed by atoms with Gasteiger partial charge in [-0.25, -0.2) is 0 Å². The summed E-state index contributed by atoms with van der Waals surface area (Å²) in [7, 11) is 0. The molecule has 0 aromatic carbocycles. The zero-order valence-electron chi connectivity index (χ0n) is 30.4. The topological polar surface area (TPSA) is 72.8 Å². The van der Waals surface area contributed by atoms with Gasteiger partial charge < -0.3 is 14.6 Å². The lowest BCUT2D eigenvalue weighted by Crippen LogP contribution is -2.28. The molecule has 0 radical (unpaired) electrons. The third-order valence-electron chi connectivity index (χ3n) is 9.15. The summed E-state index contributed by atoms with van der Waals surface area (Å²) < 4.78 is 10.6. The molecule has 0 unspecified atom stereocenters. The fourth-order valence-corrected chi connectivity index (χ4v) is 6.08. The van der Waals surface area contributed by atoms with Crippen molar-refractivity contribution in [1.82, 2.24) is 0 Å². The lowest BCUT2D eigenvalue weighted by Gasteiger charge is -2.15. The lowest BCUT2D eigenvalue weighted by molar-refractivity contribution is -0.161. The summed E-state index contributed by atoms with van der Waals surface area (Å²) in [5.74, 6) is -0.575. The Hall–Kier alpha value is -1.10. The van der Waals surface area contributed by atoms with Gasteiger partial charge in [-0.15, -0.1) is 0 Å².